The van der Waals surface area contributed by atoms with E-state index < -0.39 is 0 Å². The second-order valence-electron chi connectivity index (χ2n) is 4.63. The Morgan fingerprint density at radius 2 is 1.95 bits per heavy atom. The first kappa shape index (κ1) is 15.7. The van der Waals surface area contributed by atoms with Gasteiger partial charge in [-0.3, -0.25) is 0 Å². The monoisotopic (exact) mass is 307 g/mol. The van der Waals surface area contributed by atoms with Gasteiger partial charge in [-0.2, -0.15) is 0 Å². The summed E-state index contributed by atoms with van der Waals surface area (Å²) in [5.74, 6) is 0.563. The van der Waals surface area contributed by atoms with Gasteiger partial charge in [-0.1, -0.05) is 18.5 Å². The number of aromatic nitrogens is 1. The van der Waals surface area contributed by atoms with Crippen molar-refractivity contribution in [1.29, 1.82) is 0 Å². The Balaban J connectivity index is 2.31. The van der Waals surface area contributed by atoms with Gasteiger partial charge in [0.05, 0.1) is 5.02 Å². The predicted octanol–water partition coefficient (Wildman–Crippen LogP) is 4.14. The minimum Gasteiger partial charge on any atom is -0.327 e. The van der Waals surface area contributed by atoms with Crippen LogP contribution in [0.4, 0.5) is 15.9 Å². The highest BCUT2D eigenvalue weighted by Gasteiger charge is 2.11. The molecule has 1 heterocycles. The van der Waals surface area contributed by atoms with Crippen LogP contribution in [0, 0.1) is 5.82 Å². The highest BCUT2D eigenvalue weighted by Crippen LogP contribution is 2.26. The van der Waals surface area contributed by atoms with Gasteiger partial charge in [0.25, 0.3) is 0 Å². The van der Waals surface area contributed by atoms with Crippen molar-refractivity contribution in [1.82, 2.24) is 10.3 Å². The Kier molecular flexibility index (Phi) is 5.53. The molecule has 0 aliphatic carbocycles. The van der Waals surface area contributed by atoms with Crippen molar-refractivity contribution in [3.63, 3.8) is 0 Å². The standard InChI is InChI=1S/C16H19ClFN3/c1-3-19-10-12-9-16(20-11-15(12)17)21(4-2)14-7-5-13(18)6-8-14/h5-9,11,19H,3-4,10H2,1-2H3. The molecule has 0 amide bonds. The maximum atomic E-state index is 13.1. The summed E-state index contributed by atoms with van der Waals surface area (Å²) in [5.41, 5.74) is 1.91. The fourth-order valence-corrected chi connectivity index (χ4v) is 2.28. The van der Waals surface area contributed by atoms with Crippen LogP contribution < -0.4 is 10.2 Å². The zero-order chi connectivity index (χ0) is 15.2. The molecule has 0 radical (unpaired) electrons. The highest BCUT2D eigenvalue weighted by molar-refractivity contribution is 6.31. The molecule has 3 nitrogen and oxygen atoms in total. The summed E-state index contributed by atoms with van der Waals surface area (Å²) >= 11 is 6.18. The van der Waals surface area contributed by atoms with Crippen molar-refractivity contribution in [3.05, 3.63) is 52.9 Å². The molecule has 0 spiro atoms. The van der Waals surface area contributed by atoms with E-state index in [4.69, 9.17) is 11.6 Å². The van der Waals surface area contributed by atoms with Crippen LogP contribution in [0.25, 0.3) is 0 Å². The van der Waals surface area contributed by atoms with Crippen LogP contribution in [-0.4, -0.2) is 18.1 Å². The number of rotatable bonds is 6. The molecule has 0 saturated heterocycles. The van der Waals surface area contributed by atoms with Crippen molar-refractivity contribution in [2.75, 3.05) is 18.0 Å². The van der Waals surface area contributed by atoms with Crippen molar-refractivity contribution in [2.24, 2.45) is 0 Å². The summed E-state index contributed by atoms with van der Waals surface area (Å²) in [6, 6.07) is 8.37. The van der Waals surface area contributed by atoms with Crippen molar-refractivity contribution in [2.45, 2.75) is 20.4 Å². The molecule has 0 aliphatic rings. The molecule has 0 atom stereocenters. The van der Waals surface area contributed by atoms with Gasteiger partial charge in [-0.25, -0.2) is 9.37 Å². The van der Waals surface area contributed by atoms with E-state index >= 15 is 0 Å². The number of pyridine rings is 1. The van der Waals surface area contributed by atoms with Gasteiger partial charge >= 0.3 is 0 Å². The van der Waals surface area contributed by atoms with Gasteiger partial charge in [0, 0.05) is 25.0 Å². The van der Waals surface area contributed by atoms with Crippen LogP contribution in [-0.2, 0) is 6.54 Å². The SMILES string of the molecule is CCNCc1cc(N(CC)c2ccc(F)cc2)ncc1Cl. The highest BCUT2D eigenvalue weighted by atomic mass is 35.5. The Bertz CT molecular complexity index is 587. The summed E-state index contributed by atoms with van der Waals surface area (Å²) in [5, 5.41) is 3.90. The number of hydrogen-bond acceptors (Lipinski definition) is 3. The lowest BCUT2D eigenvalue weighted by atomic mass is 10.2. The maximum Gasteiger partial charge on any atom is 0.133 e. The van der Waals surface area contributed by atoms with Crippen LogP contribution in [0.15, 0.2) is 36.5 Å². The van der Waals surface area contributed by atoms with Crippen molar-refractivity contribution < 1.29 is 4.39 Å². The molecular weight excluding hydrogens is 289 g/mol. The molecular formula is C16H19ClFN3. The molecule has 112 valence electrons. The molecule has 1 aromatic carbocycles. The largest absolute Gasteiger partial charge is 0.327 e. The topological polar surface area (TPSA) is 28.2 Å². The molecule has 0 fully saturated rings. The average molecular weight is 308 g/mol. The first-order chi connectivity index (χ1) is 10.2. The van der Waals surface area contributed by atoms with Crippen molar-refractivity contribution in [3.8, 4) is 0 Å². The van der Waals surface area contributed by atoms with Crippen LogP contribution >= 0.6 is 11.6 Å². The number of anilines is 2. The lowest BCUT2D eigenvalue weighted by molar-refractivity contribution is 0.628. The molecule has 5 heteroatoms. The first-order valence-corrected chi connectivity index (χ1v) is 7.41. The van der Waals surface area contributed by atoms with E-state index in [0.29, 0.717) is 11.6 Å². The lowest BCUT2D eigenvalue weighted by Crippen LogP contribution is -2.18. The van der Waals surface area contributed by atoms with Gasteiger partial charge in [0.2, 0.25) is 0 Å². The Hall–Kier alpha value is -1.65. The molecule has 1 aromatic heterocycles. The van der Waals surface area contributed by atoms with Crippen LogP contribution in [0.3, 0.4) is 0 Å². The van der Waals surface area contributed by atoms with Crippen LogP contribution in [0.1, 0.15) is 19.4 Å². The number of benzene rings is 1. The third-order valence-corrected chi connectivity index (χ3v) is 3.56. The Morgan fingerprint density at radius 3 is 2.57 bits per heavy atom. The molecule has 2 aromatic rings. The summed E-state index contributed by atoms with van der Waals surface area (Å²) in [4.78, 5) is 6.41. The Labute approximate surface area is 129 Å². The molecule has 21 heavy (non-hydrogen) atoms. The van der Waals surface area contributed by atoms with Crippen LogP contribution in [0.5, 0.6) is 0 Å². The van der Waals surface area contributed by atoms with E-state index in [9.17, 15) is 4.39 Å². The third-order valence-electron chi connectivity index (χ3n) is 3.22. The average Bonchev–Trinajstić information content (AvgIpc) is 2.50. The molecule has 0 aliphatic heterocycles. The second-order valence-corrected chi connectivity index (χ2v) is 5.04. The number of nitrogens with zero attached hydrogens (tertiary/aromatic N) is 2. The third kappa shape index (κ3) is 3.93. The summed E-state index contributed by atoms with van der Waals surface area (Å²) in [6.45, 7) is 6.40. The first-order valence-electron chi connectivity index (χ1n) is 7.04. The van der Waals surface area contributed by atoms with E-state index in [1.165, 1.54) is 12.1 Å². The minimum atomic E-state index is -0.244. The minimum absolute atomic E-state index is 0.244. The molecule has 0 unspecified atom stereocenters. The number of halogens is 2. The predicted molar refractivity (Wildman–Crippen MR) is 85.7 cm³/mol. The van der Waals surface area contributed by atoms with E-state index in [2.05, 4.69) is 10.3 Å². The van der Waals surface area contributed by atoms with Crippen LogP contribution in [0.2, 0.25) is 5.02 Å². The molecule has 0 saturated carbocycles. The lowest BCUT2D eigenvalue weighted by Gasteiger charge is -2.23. The molecule has 2 rings (SSSR count). The van der Waals surface area contributed by atoms with Crippen molar-refractivity contribution >= 4 is 23.1 Å². The van der Waals surface area contributed by atoms with Gasteiger partial charge < -0.3 is 10.2 Å². The zero-order valence-corrected chi connectivity index (χ0v) is 13.0. The summed E-state index contributed by atoms with van der Waals surface area (Å²) < 4.78 is 13.1. The molecule has 1 N–H and O–H groups in total. The number of nitrogens with one attached hydrogen (secondary N) is 1. The second kappa shape index (κ2) is 7.38. The summed E-state index contributed by atoms with van der Waals surface area (Å²) in [7, 11) is 0. The van der Waals surface area contributed by atoms with Gasteiger partial charge in [-0.05, 0) is 49.4 Å². The summed E-state index contributed by atoms with van der Waals surface area (Å²) in [6.07, 6.45) is 1.66. The smallest absolute Gasteiger partial charge is 0.133 e. The van der Waals surface area contributed by atoms with E-state index in [0.717, 1.165) is 30.2 Å². The normalized spacial score (nSPS) is 10.7. The molecule has 0 bridgehead atoms. The zero-order valence-electron chi connectivity index (χ0n) is 12.2. The van der Waals surface area contributed by atoms with E-state index in [-0.39, 0.29) is 5.82 Å². The maximum absolute atomic E-state index is 13.1. The fourth-order valence-electron chi connectivity index (χ4n) is 2.11. The van der Waals surface area contributed by atoms with E-state index in [1.54, 1.807) is 18.3 Å². The van der Waals surface area contributed by atoms with Gasteiger partial charge in [-0.15, -0.1) is 0 Å². The quantitative estimate of drug-likeness (QED) is 0.869. The van der Waals surface area contributed by atoms with Gasteiger partial charge in [0.15, 0.2) is 0 Å². The number of hydrogen-bond donors (Lipinski definition) is 1. The van der Waals surface area contributed by atoms with Gasteiger partial charge in [0.1, 0.15) is 11.6 Å². The Morgan fingerprint density at radius 1 is 1.24 bits per heavy atom. The fraction of sp³-hybridized carbons (Fsp3) is 0.312. The van der Waals surface area contributed by atoms with E-state index in [1.807, 2.05) is 24.8 Å².